The molecular formula is C39H41Cl2F3N8O5S. The molecule has 0 saturated carbocycles. The van der Waals surface area contributed by atoms with Crippen LogP contribution in [0.5, 0.6) is 5.75 Å². The summed E-state index contributed by atoms with van der Waals surface area (Å²) in [4.78, 5) is 57.2. The van der Waals surface area contributed by atoms with Crippen LogP contribution in [0.25, 0.3) is 0 Å². The molecule has 3 aliphatic heterocycles. The van der Waals surface area contributed by atoms with E-state index < -0.39 is 40.8 Å². The number of hydrogen-bond acceptors (Lipinski definition) is 10. The van der Waals surface area contributed by atoms with E-state index in [-0.39, 0.29) is 52.4 Å². The second kappa shape index (κ2) is 17.9. The second-order valence-corrected chi connectivity index (χ2v) is 15.2. The van der Waals surface area contributed by atoms with Gasteiger partial charge in [-0.25, -0.2) is 0 Å². The van der Waals surface area contributed by atoms with Crippen LogP contribution in [0.4, 0.5) is 35.9 Å². The van der Waals surface area contributed by atoms with E-state index in [0.717, 1.165) is 17.0 Å². The maximum absolute atomic E-state index is 13.7. The van der Waals surface area contributed by atoms with Crippen LogP contribution >= 0.6 is 36.2 Å². The fourth-order valence-corrected chi connectivity index (χ4v) is 7.75. The highest BCUT2D eigenvalue weighted by Crippen LogP contribution is 2.41. The largest absolute Gasteiger partial charge is 0.491 e. The summed E-state index contributed by atoms with van der Waals surface area (Å²) in [6.07, 6.45) is -4.17. The molecule has 3 fully saturated rings. The molecule has 3 saturated heterocycles. The summed E-state index contributed by atoms with van der Waals surface area (Å²) in [6, 6.07) is 15.6. The van der Waals surface area contributed by atoms with Crippen LogP contribution in [0.1, 0.15) is 44.7 Å². The molecule has 3 aromatic rings. The molecule has 3 aromatic carbocycles. The zero-order chi connectivity index (χ0) is 41.2. The Bertz CT molecular complexity index is 2140. The van der Waals surface area contributed by atoms with Gasteiger partial charge in [0.15, 0.2) is 5.11 Å². The van der Waals surface area contributed by atoms with Gasteiger partial charge in [0.1, 0.15) is 23.9 Å². The molecule has 0 bridgehead atoms. The van der Waals surface area contributed by atoms with Crippen molar-refractivity contribution in [2.75, 3.05) is 59.8 Å². The average Bonchev–Trinajstić information content (AvgIpc) is 3.34. The molecule has 2 atom stereocenters. The van der Waals surface area contributed by atoms with Crippen molar-refractivity contribution in [3.63, 3.8) is 0 Å². The van der Waals surface area contributed by atoms with Crippen molar-refractivity contribution >= 4 is 87.7 Å². The molecule has 0 aromatic heterocycles. The molecule has 6 rings (SSSR count). The predicted octanol–water partition coefficient (Wildman–Crippen LogP) is 5.81. The summed E-state index contributed by atoms with van der Waals surface area (Å²) in [5.74, 6) is -0.985. The van der Waals surface area contributed by atoms with Crippen LogP contribution in [0.2, 0.25) is 5.02 Å². The van der Waals surface area contributed by atoms with Crippen molar-refractivity contribution in [2.24, 2.45) is 0 Å². The summed E-state index contributed by atoms with van der Waals surface area (Å²) >= 11 is 12.3. The van der Waals surface area contributed by atoms with E-state index in [9.17, 15) is 37.6 Å². The Hall–Kier alpha value is -4.99. The summed E-state index contributed by atoms with van der Waals surface area (Å²) in [5, 5.41) is 17.8. The van der Waals surface area contributed by atoms with Gasteiger partial charge in [-0.15, -0.1) is 12.4 Å². The molecule has 0 spiro atoms. The van der Waals surface area contributed by atoms with Gasteiger partial charge < -0.3 is 20.3 Å². The van der Waals surface area contributed by atoms with Crippen molar-refractivity contribution in [2.45, 2.75) is 57.4 Å². The number of nitrogens with one attached hydrogen (secondary N) is 3. The number of benzene rings is 3. The Morgan fingerprint density at radius 3 is 2.40 bits per heavy atom. The van der Waals surface area contributed by atoms with Crippen LogP contribution in [0.3, 0.4) is 0 Å². The number of carbonyl (C=O) groups is 4. The first-order valence-electron chi connectivity index (χ1n) is 18.2. The van der Waals surface area contributed by atoms with Gasteiger partial charge in [-0.3, -0.25) is 39.2 Å². The number of piperidine rings is 1. The van der Waals surface area contributed by atoms with Crippen molar-refractivity contribution < 1.29 is 37.1 Å². The smallest absolute Gasteiger partial charge is 0.417 e. The van der Waals surface area contributed by atoms with Gasteiger partial charge in [-0.05, 0) is 94.0 Å². The summed E-state index contributed by atoms with van der Waals surface area (Å²) in [6.45, 7) is 8.69. The van der Waals surface area contributed by atoms with Gasteiger partial charge in [-0.2, -0.15) is 18.4 Å². The van der Waals surface area contributed by atoms with E-state index in [1.165, 1.54) is 17.0 Å². The standard InChI is InChI=1S/C39H40ClF3N8O5S.ClH/c1-23(34(53)46-26-6-4-5-25(19-26)45-31-10-12-33(52)47-35(31)54)49-15-13-48(14-16-49)17-18-56-32-11-9-28(21-30(32)40)51-37(57)50(36(55)38(51,2)3)27-8-7-24(22-44)29(20-27)39(41,42)43;/h4-9,11,19-21,23,31,45H,10,12-18H2,1-3H3,(H,46,53)(H,47,52,54);1H/t23-,31?;/m0./s1. The number of alkyl halides is 3. The molecule has 13 nitrogen and oxygen atoms in total. The van der Waals surface area contributed by atoms with Crippen LogP contribution in [0, 0.1) is 11.3 Å². The Morgan fingerprint density at radius 2 is 1.74 bits per heavy atom. The Balaban J connectivity index is 0.00000641. The van der Waals surface area contributed by atoms with Crippen molar-refractivity contribution in [3.05, 3.63) is 76.8 Å². The monoisotopic (exact) mass is 860 g/mol. The highest BCUT2D eigenvalue weighted by Gasteiger charge is 2.51. The topological polar surface area (TPSA) is 150 Å². The van der Waals surface area contributed by atoms with Gasteiger partial charge in [0.2, 0.25) is 17.7 Å². The number of halogens is 5. The van der Waals surface area contributed by atoms with Gasteiger partial charge in [0.25, 0.3) is 5.91 Å². The third-order valence-corrected chi connectivity index (χ3v) is 10.9. The average molecular weight is 862 g/mol. The molecule has 3 aliphatic rings. The highest BCUT2D eigenvalue weighted by atomic mass is 35.5. The molecule has 3 heterocycles. The van der Waals surface area contributed by atoms with Crippen molar-refractivity contribution in [1.29, 1.82) is 5.26 Å². The minimum Gasteiger partial charge on any atom is -0.491 e. The van der Waals surface area contributed by atoms with Crippen molar-refractivity contribution in [1.82, 2.24) is 15.1 Å². The lowest BCUT2D eigenvalue weighted by atomic mass is 10.0. The van der Waals surface area contributed by atoms with Crippen molar-refractivity contribution in [3.8, 4) is 11.8 Å². The third kappa shape index (κ3) is 9.48. The molecule has 308 valence electrons. The Kier molecular flexibility index (Phi) is 13.6. The number of imide groups is 1. The van der Waals surface area contributed by atoms with Crippen LogP contribution in [-0.4, -0.2) is 95.5 Å². The number of rotatable bonds is 11. The number of nitrogens with zero attached hydrogens (tertiary/aromatic N) is 5. The van der Waals surface area contributed by atoms with Gasteiger partial charge >= 0.3 is 6.18 Å². The fourth-order valence-electron chi connectivity index (χ4n) is 7.00. The zero-order valence-corrected chi connectivity index (χ0v) is 34.1. The first-order valence-corrected chi connectivity index (χ1v) is 19.0. The summed E-state index contributed by atoms with van der Waals surface area (Å²) < 4.78 is 47.2. The molecule has 0 radical (unpaired) electrons. The molecule has 58 heavy (non-hydrogen) atoms. The normalized spacial score (nSPS) is 19.2. The van der Waals surface area contributed by atoms with E-state index in [1.807, 2.05) is 6.92 Å². The molecule has 3 N–H and O–H groups in total. The van der Waals surface area contributed by atoms with E-state index >= 15 is 0 Å². The Morgan fingerprint density at radius 1 is 1.05 bits per heavy atom. The SMILES string of the molecule is C[C@@H](C(=O)Nc1cccc(NC2CCC(=O)NC2=O)c1)N1CCN(CCOc2ccc(N3C(=S)N(c4ccc(C#N)c(C(F)(F)F)c4)C(=O)C3(C)C)cc2Cl)CC1.Cl. The first-order chi connectivity index (χ1) is 27.0. The number of hydrogen-bond donors (Lipinski definition) is 3. The van der Waals surface area contributed by atoms with E-state index in [0.29, 0.717) is 68.6 Å². The van der Waals surface area contributed by atoms with E-state index in [1.54, 1.807) is 56.3 Å². The second-order valence-electron chi connectivity index (χ2n) is 14.4. The van der Waals surface area contributed by atoms with Crippen LogP contribution < -0.4 is 30.5 Å². The molecule has 1 unspecified atom stereocenters. The maximum Gasteiger partial charge on any atom is 0.417 e. The summed E-state index contributed by atoms with van der Waals surface area (Å²) in [5.41, 5.74) is -1.45. The number of carbonyl (C=O) groups excluding carboxylic acids is 4. The lowest BCUT2D eigenvalue weighted by molar-refractivity contribution is -0.138. The third-order valence-electron chi connectivity index (χ3n) is 10.2. The number of anilines is 4. The molecule has 4 amide bonds. The lowest BCUT2D eigenvalue weighted by Gasteiger charge is -2.37. The number of amides is 4. The number of thiocarbonyl (C=S) groups is 1. The fraction of sp³-hybridized carbons (Fsp3) is 0.385. The van der Waals surface area contributed by atoms with Gasteiger partial charge in [-0.1, -0.05) is 17.7 Å². The molecule has 0 aliphatic carbocycles. The van der Waals surface area contributed by atoms with Crippen LogP contribution in [0.15, 0.2) is 60.7 Å². The van der Waals surface area contributed by atoms with Gasteiger partial charge in [0.05, 0.1) is 33.9 Å². The Labute approximate surface area is 349 Å². The minimum absolute atomic E-state index is 0. The van der Waals surface area contributed by atoms with Crippen LogP contribution in [-0.2, 0) is 25.4 Å². The van der Waals surface area contributed by atoms with E-state index in [4.69, 9.17) is 28.6 Å². The quantitative estimate of drug-likeness (QED) is 0.159. The number of ether oxygens (including phenoxy) is 1. The maximum atomic E-state index is 13.7. The molecule has 19 heteroatoms. The number of piperazine rings is 1. The zero-order valence-electron chi connectivity index (χ0n) is 31.7. The minimum atomic E-state index is -4.81. The highest BCUT2D eigenvalue weighted by molar-refractivity contribution is 7.81. The summed E-state index contributed by atoms with van der Waals surface area (Å²) in [7, 11) is 0. The predicted molar refractivity (Wildman–Crippen MR) is 219 cm³/mol. The lowest BCUT2D eigenvalue weighted by Crippen LogP contribution is -2.53. The van der Waals surface area contributed by atoms with E-state index in [2.05, 4.69) is 25.8 Å². The first kappa shape index (κ1) is 44.1. The van der Waals surface area contributed by atoms with Gasteiger partial charge in [0, 0.05) is 56.2 Å². The molecular weight excluding hydrogens is 820 g/mol. The number of nitriles is 1.